The summed E-state index contributed by atoms with van der Waals surface area (Å²) >= 11 is 0. The molecule has 2 aromatic rings. The Morgan fingerprint density at radius 1 is 1.64 bits per heavy atom. The van der Waals surface area contributed by atoms with E-state index in [-0.39, 0.29) is 5.56 Å². The van der Waals surface area contributed by atoms with Crippen molar-refractivity contribution in [2.75, 3.05) is 0 Å². The number of carbonyl (C=O) groups is 1. The Labute approximate surface area is 79.4 Å². The van der Waals surface area contributed by atoms with Gasteiger partial charge in [-0.15, -0.1) is 0 Å². The lowest BCUT2D eigenvalue weighted by Crippen LogP contribution is -1.96. The molecule has 0 fully saturated rings. The molecule has 2 N–H and O–H groups in total. The fourth-order valence-corrected chi connectivity index (χ4v) is 1.19. The van der Waals surface area contributed by atoms with Crippen LogP contribution in [0.3, 0.4) is 0 Å². The maximum absolute atomic E-state index is 10.8. The van der Waals surface area contributed by atoms with Crippen LogP contribution >= 0.6 is 0 Å². The molecule has 0 atom stereocenters. The normalized spacial score (nSPS) is 10.4. The van der Waals surface area contributed by atoms with Crippen molar-refractivity contribution >= 4 is 5.97 Å². The summed E-state index contributed by atoms with van der Waals surface area (Å²) in [4.78, 5) is 17.5. The van der Waals surface area contributed by atoms with Crippen molar-refractivity contribution in [3.8, 4) is 11.6 Å². The van der Waals surface area contributed by atoms with Gasteiger partial charge in [-0.25, -0.2) is 9.78 Å². The lowest BCUT2D eigenvalue weighted by Gasteiger charge is -1.93. The second-order valence-electron chi connectivity index (χ2n) is 2.85. The van der Waals surface area contributed by atoms with E-state index < -0.39 is 5.97 Å². The number of aromatic amines is 1. The zero-order chi connectivity index (χ0) is 10.1. The fraction of sp³-hybridized carbons (Fsp3) is 0.111. The molecule has 0 aromatic carbocycles. The van der Waals surface area contributed by atoms with Crippen LogP contribution in [0.5, 0.6) is 0 Å². The number of hydrogen-bond acceptors (Lipinski definition) is 3. The summed E-state index contributed by atoms with van der Waals surface area (Å²) < 4.78 is 5.21. The summed E-state index contributed by atoms with van der Waals surface area (Å²) in [6.45, 7) is 1.75. The molecule has 72 valence electrons. The van der Waals surface area contributed by atoms with Gasteiger partial charge in [-0.2, -0.15) is 0 Å². The molecule has 0 aliphatic carbocycles. The molecule has 0 aliphatic rings. The maximum atomic E-state index is 10.8. The maximum Gasteiger partial charge on any atom is 0.338 e. The molecule has 14 heavy (non-hydrogen) atoms. The van der Waals surface area contributed by atoms with Crippen LogP contribution < -0.4 is 0 Å². The predicted octanol–water partition coefficient (Wildman–Crippen LogP) is 1.68. The minimum absolute atomic E-state index is 0.159. The predicted molar refractivity (Wildman–Crippen MR) is 48.0 cm³/mol. The van der Waals surface area contributed by atoms with Crippen molar-refractivity contribution in [2.45, 2.75) is 6.92 Å². The fourth-order valence-electron chi connectivity index (χ4n) is 1.19. The Hall–Kier alpha value is -2.04. The van der Waals surface area contributed by atoms with Gasteiger partial charge >= 0.3 is 5.97 Å². The number of carboxylic acids is 1. The van der Waals surface area contributed by atoms with Crippen molar-refractivity contribution in [1.82, 2.24) is 9.97 Å². The average molecular weight is 192 g/mol. The minimum Gasteiger partial charge on any atom is -0.478 e. The molecule has 5 nitrogen and oxygen atoms in total. The number of aryl methyl sites for hydroxylation is 1. The van der Waals surface area contributed by atoms with E-state index in [4.69, 9.17) is 9.52 Å². The summed E-state index contributed by atoms with van der Waals surface area (Å²) in [5, 5.41) is 8.83. The molecule has 0 spiro atoms. The number of aromatic nitrogens is 2. The number of nitrogens with zero attached hydrogens (tertiary/aromatic N) is 1. The number of aromatic carboxylic acids is 1. The topological polar surface area (TPSA) is 79.1 Å². The van der Waals surface area contributed by atoms with Crippen LogP contribution in [0.2, 0.25) is 0 Å². The minimum atomic E-state index is -1.00. The van der Waals surface area contributed by atoms with Crippen LogP contribution in [-0.2, 0) is 0 Å². The van der Waals surface area contributed by atoms with Gasteiger partial charge in [-0.3, -0.25) is 0 Å². The lowest BCUT2D eigenvalue weighted by atomic mass is 10.2. The van der Waals surface area contributed by atoms with E-state index in [2.05, 4.69) is 9.97 Å². The highest BCUT2D eigenvalue weighted by atomic mass is 16.4. The first kappa shape index (κ1) is 8.55. The quantitative estimate of drug-likeness (QED) is 0.758. The van der Waals surface area contributed by atoms with Crippen LogP contribution in [0, 0.1) is 6.92 Å². The molecule has 0 bridgehead atoms. The van der Waals surface area contributed by atoms with Gasteiger partial charge in [0.05, 0.1) is 11.8 Å². The van der Waals surface area contributed by atoms with Gasteiger partial charge < -0.3 is 14.5 Å². The molecule has 0 saturated heterocycles. The summed E-state index contributed by atoms with van der Waals surface area (Å²) in [5.41, 5.74) is 0.553. The third-order valence-corrected chi connectivity index (χ3v) is 1.81. The Balaban J connectivity index is 2.51. The number of carboxylic acid groups (broad SMARTS) is 1. The molecule has 2 heterocycles. The second kappa shape index (κ2) is 3.02. The van der Waals surface area contributed by atoms with E-state index in [0.717, 1.165) is 0 Å². The molecule has 0 saturated carbocycles. The van der Waals surface area contributed by atoms with Gasteiger partial charge in [0, 0.05) is 6.20 Å². The summed E-state index contributed by atoms with van der Waals surface area (Å²) in [6.07, 6.45) is 3.08. The van der Waals surface area contributed by atoms with E-state index >= 15 is 0 Å². The molecule has 2 aromatic heterocycles. The Kier molecular flexibility index (Phi) is 1.85. The van der Waals surface area contributed by atoms with E-state index in [9.17, 15) is 4.79 Å². The van der Waals surface area contributed by atoms with Gasteiger partial charge in [0.1, 0.15) is 11.5 Å². The average Bonchev–Trinajstić information content (AvgIpc) is 2.70. The molecular formula is C9H8N2O3. The highest BCUT2D eigenvalue weighted by Crippen LogP contribution is 2.21. The number of H-pyrrole nitrogens is 1. The van der Waals surface area contributed by atoms with Crippen molar-refractivity contribution in [1.29, 1.82) is 0 Å². The number of nitrogens with one attached hydrogen (secondary N) is 1. The highest BCUT2D eigenvalue weighted by molar-refractivity contribution is 5.93. The Bertz CT molecular complexity index is 470. The molecule has 0 amide bonds. The summed E-state index contributed by atoms with van der Waals surface area (Å²) in [6, 6.07) is 1.47. The molecule has 0 aliphatic heterocycles. The second-order valence-corrected chi connectivity index (χ2v) is 2.85. The Morgan fingerprint density at radius 3 is 3.00 bits per heavy atom. The van der Waals surface area contributed by atoms with E-state index in [1.807, 2.05) is 0 Å². The first-order chi connectivity index (χ1) is 6.68. The first-order valence-electron chi connectivity index (χ1n) is 4.02. The van der Waals surface area contributed by atoms with Gasteiger partial charge in [0.2, 0.25) is 5.89 Å². The van der Waals surface area contributed by atoms with Gasteiger partial charge in [-0.05, 0) is 13.0 Å². The third kappa shape index (κ3) is 1.28. The largest absolute Gasteiger partial charge is 0.478 e. The SMILES string of the molecule is Cc1cnc(-c2[nH]ccc2C(=O)O)o1. The molecule has 0 unspecified atom stereocenters. The van der Waals surface area contributed by atoms with Crippen LogP contribution in [0.15, 0.2) is 22.9 Å². The standard InChI is InChI=1S/C9H8N2O3/c1-5-4-11-8(14-5)7-6(9(12)13)2-3-10-7/h2-4,10H,1H3,(H,12,13). The zero-order valence-corrected chi connectivity index (χ0v) is 7.44. The highest BCUT2D eigenvalue weighted by Gasteiger charge is 2.16. The first-order valence-corrected chi connectivity index (χ1v) is 4.02. The van der Waals surface area contributed by atoms with Crippen molar-refractivity contribution in [3.63, 3.8) is 0 Å². The van der Waals surface area contributed by atoms with E-state index in [1.165, 1.54) is 6.07 Å². The zero-order valence-electron chi connectivity index (χ0n) is 7.44. The van der Waals surface area contributed by atoms with Crippen molar-refractivity contribution in [2.24, 2.45) is 0 Å². The smallest absolute Gasteiger partial charge is 0.338 e. The molecule has 2 rings (SSSR count). The monoisotopic (exact) mass is 192 g/mol. The molecule has 5 heteroatoms. The molecule has 0 radical (unpaired) electrons. The lowest BCUT2D eigenvalue weighted by molar-refractivity contribution is 0.0697. The van der Waals surface area contributed by atoms with Gasteiger partial charge in [0.15, 0.2) is 0 Å². The van der Waals surface area contributed by atoms with E-state index in [1.54, 1.807) is 19.3 Å². The number of oxazole rings is 1. The third-order valence-electron chi connectivity index (χ3n) is 1.81. The summed E-state index contributed by atoms with van der Waals surface area (Å²) in [5.74, 6) is -0.0621. The van der Waals surface area contributed by atoms with Crippen LogP contribution in [-0.4, -0.2) is 21.0 Å². The van der Waals surface area contributed by atoms with Gasteiger partial charge in [0.25, 0.3) is 0 Å². The van der Waals surface area contributed by atoms with Crippen LogP contribution in [0.4, 0.5) is 0 Å². The Morgan fingerprint density at radius 2 is 2.43 bits per heavy atom. The van der Waals surface area contributed by atoms with Gasteiger partial charge in [-0.1, -0.05) is 0 Å². The number of rotatable bonds is 2. The van der Waals surface area contributed by atoms with Crippen molar-refractivity contribution in [3.05, 3.63) is 29.8 Å². The van der Waals surface area contributed by atoms with Crippen LogP contribution in [0.25, 0.3) is 11.6 Å². The number of hydrogen-bond donors (Lipinski definition) is 2. The summed E-state index contributed by atoms with van der Waals surface area (Å²) in [7, 11) is 0. The van der Waals surface area contributed by atoms with Crippen LogP contribution in [0.1, 0.15) is 16.1 Å². The molecular weight excluding hydrogens is 184 g/mol. The van der Waals surface area contributed by atoms with Crippen molar-refractivity contribution < 1.29 is 14.3 Å². The van der Waals surface area contributed by atoms with E-state index in [0.29, 0.717) is 17.3 Å².